The number of hydrogen-bond acceptors (Lipinski definition) is 3. The molecule has 2 N–H and O–H groups in total. The average molecular weight is 307 g/mol. The maximum Gasteiger partial charge on any atom is 0.145 e. The molecular weight excluding hydrogens is 292 g/mol. The lowest BCUT2D eigenvalue weighted by Crippen LogP contribution is -2.01. The molecule has 94 valence electrons. The Morgan fingerprint density at radius 1 is 1.22 bits per heavy atom. The molecule has 2 aromatic rings. The Balaban J connectivity index is 2.16. The Morgan fingerprint density at radius 3 is 2.67 bits per heavy atom. The fraction of sp³-hybridized carbons (Fsp3) is 0.214. The maximum atomic E-state index is 5.95. The highest BCUT2D eigenvalue weighted by molar-refractivity contribution is 9.10. The first kappa shape index (κ1) is 12.9. The van der Waals surface area contributed by atoms with E-state index in [1.54, 1.807) is 6.20 Å². The third-order valence-corrected chi connectivity index (χ3v) is 3.04. The van der Waals surface area contributed by atoms with Crippen LogP contribution in [0.4, 0.5) is 5.69 Å². The van der Waals surface area contributed by atoms with Crippen molar-refractivity contribution in [3.05, 3.63) is 51.8 Å². The quantitative estimate of drug-likeness (QED) is 0.881. The number of nitrogens with two attached hydrogens (primary N) is 1. The van der Waals surface area contributed by atoms with Crippen LogP contribution in [-0.4, -0.2) is 4.98 Å². The topological polar surface area (TPSA) is 48.1 Å². The van der Waals surface area contributed by atoms with Gasteiger partial charge in [-0.1, -0.05) is 15.9 Å². The Morgan fingerprint density at radius 2 is 2.00 bits per heavy atom. The number of halogens is 1. The molecule has 3 nitrogen and oxygen atoms in total. The van der Waals surface area contributed by atoms with Gasteiger partial charge in [0.25, 0.3) is 0 Å². The molecule has 0 atom stereocenters. The van der Waals surface area contributed by atoms with Crippen molar-refractivity contribution in [2.75, 3.05) is 5.73 Å². The third kappa shape index (κ3) is 3.01. The lowest BCUT2D eigenvalue weighted by atomic mass is 10.2. The molecule has 0 amide bonds. The first-order valence-electron chi connectivity index (χ1n) is 5.65. The normalized spacial score (nSPS) is 10.4. The van der Waals surface area contributed by atoms with Crippen LogP contribution >= 0.6 is 15.9 Å². The standard InChI is InChI=1S/C14H15BrN2O/c1-9-3-11(7-17-6-9)8-18-14-10(2)4-12(15)5-13(14)16/h3-7H,8,16H2,1-2H3. The van der Waals surface area contributed by atoms with E-state index in [1.165, 1.54) is 0 Å². The van der Waals surface area contributed by atoms with Gasteiger partial charge in [-0.2, -0.15) is 0 Å². The van der Waals surface area contributed by atoms with Gasteiger partial charge in [0, 0.05) is 22.4 Å². The van der Waals surface area contributed by atoms with E-state index in [4.69, 9.17) is 10.5 Å². The highest BCUT2D eigenvalue weighted by Crippen LogP contribution is 2.30. The molecule has 2 rings (SSSR count). The van der Waals surface area contributed by atoms with Crippen LogP contribution in [0.25, 0.3) is 0 Å². The van der Waals surface area contributed by atoms with Crippen molar-refractivity contribution in [3.63, 3.8) is 0 Å². The molecule has 0 bridgehead atoms. The smallest absolute Gasteiger partial charge is 0.145 e. The predicted octanol–water partition coefficient (Wildman–Crippen LogP) is 3.62. The lowest BCUT2D eigenvalue weighted by Gasteiger charge is -2.12. The predicted molar refractivity (Wildman–Crippen MR) is 76.6 cm³/mol. The lowest BCUT2D eigenvalue weighted by molar-refractivity contribution is 0.305. The van der Waals surface area contributed by atoms with E-state index in [0.717, 1.165) is 26.9 Å². The molecular formula is C14H15BrN2O. The van der Waals surface area contributed by atoms with Crippen molar-refractivity contribution >= 4 is 21.6 Å². The first-order valence-corrected chi connectivity index (χ1v) is 6.44. The molecule has 1 aromatic carbocycles. The highest BCUT2D eigenvalue weighted by Gasteiger charge is 2.06. The van der Waals surface area contributed by atoms with Crippen molar-refractivity contribution in [2.45, 2.75) is 20.5 Å². The number of nitrogens with zero attached hydrogens (tertiary/aromatic N) is 1. The van der Waals surface area contributed by atoms with Gasteiger partial charge >= 0.3 is 0 Å². The van der Waals surface area contributed by atoms with Crippen molar-refractivity contribution in [2.24, 2.45) is 0 Å². The molecule has 4 heteroatoms. The number of anilines is 1. The van der Waals surface area contributed by atoms with Crippen LogP contribution in [0.3, 0.4) is 0 Å². The molecule has 0 fully saturated rings. The summed E-state index contributed by atoms with van der Waals surface area (Å²) in [5.74, 6) is 0.736. The summed E-state index contributed by atoms with van der Waals surface area (Å²) in [5, 5.41) is 0. The van der Waals surface area contributed by atoms with Crippen LogP contribution in [0.15, 0.2) is 35.1 Å². The number of rotatable bonds is 3. The molecule has 0 spiro atoms. The summed E-state index contributed by atoms with van der Waals surface area (Å²) < 4.78 is 6.74. The average Bonchev–Trinajstić information content (AvgIpc) is 2.27. The summed E-state index contributed by atoms with van der Waals surface area (Å²) >= 11 is 3.41. The van der Waals surface area contributed by atoms with Crippen molar-refractivity contribution in [1.29, 1.82) is 0 Å². The highest BCUT2D eigenvalue weighted by atomic mass is 79.9. The Hall–Kier alpha value is -1.55. The summed E-state index contributed by atoms with van der Waals surface area (Å²) in [6.45, 7) is 4.46. The van der Waals surface area contributed by atoms with Crippen LogP contribution in [-0.2, 0) is 6.61 Å². The molecule has 0 saturated heterocycles. The first-order chi connectivity index (χ1) is 8.56. The van der Waals surface area contributed by atoms with Crippen LogP contribution in [0, 0.1) is 13.8 Å². The summed E-state index contributed by atoms with van der Waals surface area (Å²) in [4.78, 5) is 4.14. The summed E-state index contributed by atoms with van der Waals surface area (Å²) in [6, 6.07) is 5.88. The van der Waals surface area contributed by atoms with Gasteiger partial charge in [0.05, 0.1) is 5.69 Å². The Bertz CT molecular complexity index is 546. The molecule has 1 heterocycles. The van der Waals surface area contributed by atoms with E-state index < -0.39 is 0 Å². The van der Waals surface area contributed by atoms with E-state index in [1.807, 2.05) is 32.2 Å². The molecule has 0 aliphatic carbocycles. The van der Waals surface area contributed by atoms with Gasteiger partial charge in [-0.15, -0.1) is 0 Å². The molecule has 0 aliphatic rings. The van der Waals surface area contributed by atoms with Gasteiger partial charge in [0.2, 0.25) is 0 Å². The van der Waals surface area contributed by atoms with E-state index >= 15 is 0 Å². The second-order valence-electron chi connectivity index (χ2n) is 4.30. The third-order valence-electron chi connectivity index (χ3n) is 2.58. The van der Waals surface area contributed by atoms with Gasteiger partial charge in [0.1, 0.15) is 12.4 Å². The molecule has 0 unspecified atom stereocenters. The van der Waals surface area contributed by atoms with Crippen molar-refractivity contribution in [1.82, 2.24) is 4.98 Å². The van der Waals surface area contributed by atoms with Gasteiger partial charge in [-0.3, -0.25) is 4.98 Å². The van der Waals surface area contributed by atoms with Crippen molar-refractivity contribution < 1.29 is 4.74 Å². The van der Waals surface area contributed by atoms with Gasteiger partial charge in [-0.25, -0.2) is 0 Å². The van der Waals surface area contributed by atoms with E-state index in [-0.39, 0.29) is 0 Å². The fourth-order valence-electron chi connectivity index (χ4n) is 1.80. The molecule has 0 radical (unpaired) electrons. The van der Waals surface area contributed by atoms with Crippen molar-refractivity contribution in [3.8, 4) is 5.75 Å². The number of nitrogen functional groups attached to an aromatic ring is 1. The monoisotopic (exact) mass is 306 g/mol. The Labute approximate surface area is 115 Å². The number of hydrogen-bond donors (Lipinski definition) is 1. The molecule has 18 heavy (non-hydrogen) atoms. The number of pyridine rings is 1. The zero-order chi connectivity index (χ0) is 13.1. The van der Waals surface area contributed by atoms with Crippen LogP contribution < -0.4 is 10.5 Å². The van der Waals surface area contributed by atoms with Crippen LogP contribution in [0.5, 0.6) is 5.75 Å². The molecule has 1 aromatic heterocycles. The molecule has 0 aliphatic heterocycles. The largest absolute Gasteiger partial charge is 0.486 e. The summed E-state index contributed by atoms with van der Waals surface area (Å²) in [6.07, 6.45) is 3.63. The van der Waals surface area contributed by atoms with E-state index in [2.05, 4.69) is 27.0 Å². The zero-order valence-electron chi connectivity index (χ0n) is 10.4. The zero-order valence-corrected chi connectivity index (χ0v) is 12.0. The fourth-order valence-corrected chi connectivity index (χ4v) is 2.39. The van der Waals surface area contributed by atoms with E-state index in [9.17, 15) is 0 Å². The number of aromatic nitrogens is 1. The summed E-state index contributed by atoms with van der Waals surface area (Å²) in [7, 11) is 0. The van der Waals surface area contributed by atoms with Crippen LogP contribution in [0.2, 0.25) is 0 Å². The SMILES string of the molecule is Cc1cncc(COc2c(C)cc(Br)cc2N)c1. The number of ether oxygens (including phenoxy) is 1. The maximum absolute atomic E-state index is 5.95. The minimum absolute atomic E-state index is 0.474. The number of aryl methyl sites for hydroxylation is 2. The van der Waals surface area contributed by atoms with Gasteiger partial charge < -0.3 is 10.5 Å². The molecule has 0 saturated carbocycles. The minimum Gasteiger partial charge on any atom is -0.486 e. The minimum atomic E-state index is 0.474. The Kier molecular flexibility index (Phi) is 3.87. The second-order valence-corrected chi connectivity index (χ2v) is 5.22. The number of benzene rings is 1. The van der Waals surface area contributed by atoms with Gasteiger partial charge in [-0.05, 0) is 43.2 Å². The second kappa shape index (κ2) is 5.40. The van der Waals surface area contributed by atoms with E-state index in [0.29, 0.717) is 12.3 Å². The van der Waals surface area contributed by atoms with Crippen LogP contribution in [0.1, 0.15) is 16.7 Å². The summed E-state index contributed by atoms with van der Waals surface area (Å²) in [5.41, 5.74) is 9.76. The van der Waals surface area contributed by atoms with Gasteiger partial charge in [0.15, 0.2) is 0 Å².